The molecule has 45 heavy (non-hydrogen) atoms. The number of rotatable bonds is 14. The second kappa shape index (κ2) is 16.9. The van der Waals surface area contributed by atoms with E-state index in [2.05, 4.69) is 5.32 Å². The van der Waals surface area contributed by atoms with Gasteiger partial charge in [0, 0.05) is 32.9 Å². The third-order valence-electron chi connectivity index (χ3n) is 7.73. The Bertz CT molecular complexity index is 1210. The van der Waals surface area contributed by atoms with Gasteiger partial charge in [-0.2, -0.15) is 0 Å². The lowest BCUT2D eigenvalue weighted by Crippen LogP contribution is -2.51. The number of ether oxygens (including phenoxy) is 3. The van der Waals surface area contributed by atoms with Gasteiger partial charge in [-0.25, -0.2) is 14.4 Å². The van der Waals surface area contributed by atoms with Crippen molar-refractivity contribution in [1.82, 2.24) is 10.2 Å². The predicted molar refractivity (Wildman–Crippen MR) is 166 cm³/mol. The first kappa shape index (κ1) is 35.5. The van der Waals surface area contributed by atoms with E-state index in [1.807, 2.05) is 0 Å². The third kappa shape index (κ3) is 9.74. The van der Waals surface area contributed by atoms with Crippen LogP contribution in [0.25, 0.3) is 0 Å². The van der Waals surface area contributed by atoms with Crippen molar-refractivity contribution in [2.75, 3.05) is 19.6 Å². The summed E-state index contributed by atoms with van der Waals surface area (Å²) in [5.41, 5.74) is 10.2. The number of unbranched alkanes of at least 4 members (excludes halogenated alkanes) is 1. The van der Waals surface area contributed by atoms with Gasteiger partial charge in [0.15, 0.2) is 0 Å². The number of amides is 2. The summed E-state index contributed by atoms with van der Waals surface area (Å²) >= 11 is 0. The van der Waals surface area contributed by atoms with Gasteiger partial charge in [0.25, 0.3) is 0 Å². The van der Waals surface area contributed by atoms with E-state index in [9.17, 15) is 24.3 Å². The van der Waals surface area contributed by atoms with E-state index in [1.54, 1.807) is 74.5 Å². The number of hydrogen-bond acceptors (Lipinski definition) is 10. The molecule has 0 radical (unpaired) electrons. The summed E-state index contributed by atoms with van der Waals surface area (Å²) in [7, 11) is 0. The van der Waals surface area contributed by atoms with Crippen LogP contribution in [0.1, 0.15) is 64.0 Å². The van der Waals surface area contributed by atoms with Crippen molar-refractivity contribution < 1.29 is 38.5 Å². The molecule has 12 heteroatoms. The number of piperidine rings is 1. The zero-order valence-electron chi connectivity index (χ0n) is 26.2. The molecular formula is C33H46N4O8. The zero-order valence-corrected chi connectivity index (χ0v) is 26.2. The number of benzene rings is 2. The molecule has 0 saturated carbocycles. The lowest BCUT2D eigenvalue weighted by atomic mass is 9.86. The topological polar surface area (TPSA) is 184 Å². The number of nitrogens with zero attached hydrogens (tertiary/aromatic N) is 1. The Morgan fingerprint density at radius 1 is 0.933 bits per heavy atom. The highest BCUT2D eigenvalue weighted by molar-refractivity contribution is 5.87. The molecule has 0 aliphatic carbocycles. The Morgan fingerprint density at radius 2 is 1.49 bits per heavy atom. The van der Waals surface area contributed by atoms with E-state index >= 15 is 0 Å². The molecule has 1 heterocycles. The van der Waals surface area contributed by atoms with Crippen molar-refractivity contribution in [3.8, 4) is 0 Å². The first-order valence-electron chi connectivity index (χ1n) is 15.4. The first-order chi connectivity index (χ1) is 21.5. The second-order valence-electron chi connectivity index (χ2n) is 11.5. The normalized spacial score (nSPS) is 15.9. The van der Waals surface area contributed by atoms with E-state index in [-0.39, 0.29) is 19.0 Å². The van der Waals surface area contributed by atoms with Crippen molar-refractivity contribution in [1.29, 1.82) is 0 Å². The molecule has 0 bridgehead atoms. The van der Waals surface area contributed by atoms with Crippen LogP contribution in [-0.2, 0) is 34.2 Å². The van der Waals surface area contributed by atoms with Gasteiger partial charge < -0.3 is 41.0 Å². The van der Waals surface area contributed by atoms with Gasteiger partial charge in [-0.3, -0.25) is 4.79 Å². The Balaban J connectivity index is 1.51. The number of carbonyl (C=O) groups is 4. The Kier molecular flexibility index (Phi) is 13.3. The molecule has 1 saturated heterocycles. The molecule has 1 aliphatic heterocycles. The molecule has 3 rings (SSSR count). The minimum atomic E-state index is -2.00. The van der Waals surface area contributed by atoms with Crippen LogP contribution < -0.4 is 16.8 Å². The van der Waals surface area contributed by atoms with Crippen molar-refractivity contribution in [2.45, 2.75) is 83.0 Å². The number of likely N-dealkylation sites (tertiary alicyclic amines) is 1. The van der Waals surface area contributed by atoms with E-state index in [0.29, 0.717) is 43.4 Å². The smallest absolute Gasteiger partial charge is 0.412 e. The molecule has 0 spiro atoms. The van der Waals surface area contributed by atoms with Crippen LogP contribution in [0.5, 0.6) is 0 Å². The van der Waals surface area contributed by atoms with Gasteiger partial charge >= 0.3 is 18.0 Å². The molecule has 2 aromatic rings. The average Bonchev–Trinajstić information content (AvgIpc) is 3.03. The SMILES string of the molecule is CC(OC(=O)[C@@H](NC(=O)[C@@H](N)CCCCN)C(C)C)OC(=O)N1CCC(OC(=O)C(O)(c2ccccc2)c2ccccc2)CC1. The fourth-order valence-electron chi connectivity index (χ4n) is 5.03. The lowest BCUT2D eigenvalue weighted by Gasteiger charge is -2.34. The lowest BCUT2D eigenvalue weighted by molar-refractivity contribution is -0.172. The summed E-state index contributed by atoms with van der Waals surface area (Å²) < 4.78 is 16.4. The van der Waals surface area contributed by atoms with Gasteiger partial charge in [0.05, 0.1) is 6.04 Å². The number of aliphatic hydroxyl groups is 1. The highest BCUT2D eigenvalue weighted by Crippen LogP contribution is 2.32. The minimum Gasteiger partial charge on any atom is -0.460 e. The summed E-state index contributed by atoms with van der Waals surface area (Å²) in [4.78, 5) is 53.0. The standard InChI is InChI=1S/C33H46N4O8/c1-22(2)28(36-29(38)27(35)16-10-11-19-34)30(39)43-23(3)44-32(41)37-20-17-26(18-21-37)45-31(40)33(42,24-12-6-4-7-13-24)25-14-8-5-9-15-25/h4-9,12-15,22-23,26-28,42H,10-11,16-21,34-35H2,1-3H3,(H,36,38)/t23?,27-,28-/m0/s1. The van der Waals surface area contributed by atoms with Gasteiger partial charge in [-0.05, 0) is 36.4 Å². The maximum Gasteiger partial charge on any atom is 0.412 e. The van der Waals surface area contributed by atoms with Crippen molar-refractivity contribution in [3.63, 3.8) is 0 Å². The Morgan fingerprint density at radius 3 is 2.00 bits per heavy atom. The van der Waals surface area contributed by atoms with E-state index in [1.165, 1.54) is 11.8 Å². The van der Waals surface area contributed by atoms with E-state index in [0.717, 1.165) is 6.42 Å². The van der Waals surface area contributed by atoms with Crippen LogP contribution in [0.4, 0.5) is 4.79 Å². The van der Waals surface area contributed by atoms with Gasteiger partial charge in [0.2, 0.25) is 17.8 Å². The largest absolute Gasteiger partial charge is 0.460 e. The van der Waals surface area contributed by atoms with Crippen LogP contribution in [-0.4, -0.2) is 78.1 Å². The van der Waals surface area contributed by atoms with Crippen LogP contribution in [0.15, 0.2) is 60.7 Å². The Labute approximate surface area is 264 Å². The fraction of sp³-hybridized carbons (Fsp3) is 0.515. The van der Waals surface area contributed by atoms with Crippen molar-refractivity contribution in [3.05, 3.63) is 71.8 Å². The van der Waals surface area contributed by atoms with Crippen LogP contribution in [0.2, 0.25) is 0 Å². The summed E-state index contributed by atoms with van der Waals surface area (Å²) in [6.45, 7) is 5.86. The fourth-order valence-corrected chi connectivity index (χ4v) is 5.03. The third-order valence-corrected chi connectivity index (χ3v) is 7.73. The monoisotopic (exact) mass is 626 g/mol. The van der Waals surface area contributed by atoms with Gasteiger partial charge in [-0.15, -0.1) is 0 Å². The average molecular weight is 627 g/mol. The molecule has 1 unspecified atom stereocenters. The summed E-state index contributed by atoms with van der Waals surface area (Å²) in [5.74, 6) is -2.32. The van der Waals surface area contributed by atoms with Gasteiger partial charge in [0.1, 0.15) is 12.1 Å². The van der Waals surface area contributed by atoms with Gasteiger partial charge in [-0.1, -0.05) is 80.9 Å². The molecular weight excluding hydrogens is 580 g/mol. The summed E-state index contributed by atoms with van der Waals surface area (Å²) in [6.07, 6.45) is 0.0670. The quantitative estimate of drug-likeness (QED) is 0.138. The highest BCUT2D eigenvalue weighted by atomic mass is 16.7. The molecule has 1 aliphatic rings. The van der Waals surface area contributed by atoms with Crippen LogP contribution in [0, 0.1) is 5.92 Å². The highest BCUT2D eigenvalue weighted by Gasteiger charge is 2.43. The molecule has 2 amide bonds. The maximum atomic E-state index is 13.4. The van der Waals surface area contributed by atoms with E-state index < -0.39 is 54.0 Å². The maximum absolute atomic E-state index is 13.4. The number of nitrogens with two attached hydrogens (primary N) is 2. The molecule has 246 valence electrons. The van der Waals surface area contributed by atoms with Crippen LogP contribution >= 0.6 is 0 Å². The molecule has 1 fully saturated rings. The molecule has 6 N–H and O–H groups in total. The molecule has 0 aromatic heterocycles. The second-order valence-corrected chi connectivity index (χ2v) is 11.5. The number of carbonyl (C=O) groups excluding carboxylic acids is 4. The first-order valence-corrected chi connectivity index (χ1v) is 15.4. The molecule has 3 atom stereocenters. The molecule has 2 aromatic carbocycles. The molecule has 12 nitrogen and oxygen atoms in total. The number of hydrogen-bond donors (Lipinski definition) is 4. The summed E-state index contributed by atoms with van der Waals surface area (Å²) in [5, 5.41) is 14.3. The minimum absolute atomic E-state index is 0.221. The Hall–Kier alpha value is -4.00. The van der Waals surface area contributed by atoms with Crippen molar-refractivity contribution in [2.24, 2.45) is 17.4 Å². The number of nitrogens with one attached hydrogen (secondary N) is 1. The predicted octanol–water partition coefficient (Wildman–Crippen LogP) is 2.55. The van der Waals surface area contributed by atoms with Crippen LogP contribution in [0.3, 0.4) is 0 Å². The van der Waals surface area contributed by atoms with E-state index in [4.69, 9.17) is 25.7 Å². The van der Waals surface area contributed by atoms with Crippen molar-refractivity contribution >= 4 is 23.9 Å². The number of esters is 2. The zero-order chi connectivity index (χ0) is 33.0. The summed E-state index contributed by atoms with van der Waals surface area (Å²) in [6, 6.07) is 15.4.